The first-order valence-electron chi connectivity index (χ1n) is 4.09. The van der Waals surface area contributed by atoms with Gasteiger partial charge in [-0.05, 0) is 26.0 Å². The van der Waals surface area contributed by atoms with E-state index in [0.29, 0.717) is 12.0 Å². The average molecular weight is 141 g/mol. The molecule has 0 rings (SSSR count). The van der Waals surface area contributed by atoms with E-state index < -0.39 is 0 Å². The SMILES string of the molecule is CCC(C)/C=C\NC(C)C. The van der Waals surface area contributed by atoms with Crippen LogP contribution in [0.4, 0.5) is 0 Å². The maximum Gasteiger partial charge on any atom is 0.0199 e. The molecule has 0 aliphatic heterocycles. The highest BCUT2D eigenvalue weighted by Gasteiger charge is 1.89. The molecule has 0 fully saturated rings. The quantitative estimate of drug-likeness (QED) is 0.634. The van der Waals surface area contributed by atoms with Crippen LogP contribution in [-0.2, 0) is 0 Å². The van der Waals surface area contributed by atoms with E-state index in [1.807, 2.05) is 0 Å². The lowest BCUT2D eigenvalue weighted by Gasteiger charge is -2.04. The molecule has 0 saturated carbocycles. The minimum Gasteiger partial charge on any atom is -0.389 e. The first kappa shape index (κ1) is 9.54. The van der Waals surface area contributed by atoms with Crippen LogP contribution in [0.1, 0.15) is 34.1 Å². The van der Waals surface area contributed by atoms with E-state index in [2.05, 4.69) is 45.3 Å². The molecule has 0 aromatic carbocycles. The highest BCUT2D eigenvalue weighted by atomic mass is 14.9. The van der Waals surface area contributed by atoms with E-state index in [4.69, 9.17) is 0 Å². The molecule has 1 unspecified atom stereocenters. The molecule has 0 heterocycles. The molecule has 0 radical (unpaired) electrons. The molecule has 0 bridgehead atoms. The normalized spacial score (nSPS) is 14.5. The summed E-state index contributed by atoms with van der Waals surface area (Å²) < 4.78 is 0. The molecule has 0 aromatic heterocycles. The van der Waals surface area contributed by atoms with Crippen molar-refractivity contribution in [2.75, 3.05) is 0 Å². The predicted octanol–water partition coefficient (Wildman–Crippen LogP) is 2.54. The van der Waals surface area contributed by atoms with Gasteiger partial charge in [0.2, 0.25) is 0 Å². The number of hydrogen-bond acceptors (Lipinski definition) is 1. The number of rotatable bonds is 4. The van der Waals surface area contributed by atoms with Crippen molar-refractivity contribution in [3.05, 3.63) is 12.3 Å². The standard InChI is InChI=1S/C9H19N/c1-5-9(4)6-7-10-8(2)3/h6-10H,5H2,1-4H3/b7-6-. The molecule has 0 saturated heterocycles. The molecular formula is C9H19N. The Balaban J connectivity index is 3.36. The summed E-state index contributed by atoms with van der Waals surface area (Å²) in [6.07, 6.45) is 5.48. The molecule has 0 amide bonds. The van der Waals surface area contributed by atoms with Crippen molar-refractivity contribution in [3.63, 3.8) is 0 Å². The Kier molecular flexibility index (Phi) is 5.09. The summed E-state index contributed by atoms with van der Waals surface area (Å²) in [5, 5.41) is 3.23. The lowest BCUT2D eigenvalue weighted by Crippen LogP contribution is -2.15. The first-order chi connectivity index (χ1) is 4.66. The van der Waals surface area contributed by atoms with E-state index in [0.717, 1.165) is 0 Å². The molecule has 0 aromatic rings. The molecule has 0 spiro atoms. The van der Waals surface area contributed by atoms with E-state index >= 15 is 0 Å². The number of nitrogens with one attached hydrogen (secondary N) is 1. The molecule has 10 heavy (non-hydrogen) atoms. The van der Waals surface area contributed by atoms with Crippen molar-refractivity contribution in [2.45, 2.75) is 40.2 Å². The summed E-state index contributed by atoms with van der Waals surface area (Å²) in [6.45, 7) is 8.70. The highest BCUT2D eigenvalue weighted by Crippen LogP contribution is 2.00. The topological polar surface area (TPSA) is 12.0 Å². The van der Waals surface area contributed by atoms with Crippen LogP contribution < -0.4 is 5.32 Å². The fraction of sp³-hybridized carbons (Fsp3) is 0.778. The maximum absolute atomic E-state index is 3.23. The van der Waals surface area contributed by atoms with Crippen molar-refractivity contribution in [1.29, 1.82) is 0 Å². The van der Waals surface area contributed by atoms with Crippen LogP contribution in [0.2, 0.25) is 0 Å². The van der Waals surface area contributed by atoms with E-state index in [1.54, 1.807) is 0 Å². The zero-order chi connectivity index (χ0) is 7.98. The third-order valence-corrected chi connectivity index (χ3v) is 1.50. The van der Waals surface area contributed by atoms with E-state index in [9.17, 15) is 0 Å². The van der Waals surface area contributed by atoms with Crippen molar-refractivity contribution in [1.82, 2.24) is 5.32 Å². The van der Waals surface area contributed by atoms with Gasteiger partial charge < -0.3 is 5.32 Å². The molecular weight excluding hydrogens is 122 g/mol. The average Bonchev–Trinajstić information content (AvgIpc) is 1.87. The molecule has 1 atom stereocenters. The van der Waals surface area contributed by atoms with Crippen LogP contribution in [-0.4, -0.2) is 6.04 Å². The second kappa shape index (κ2) is 5.33. The van der Waals surface area contributed by atoms with Gasteiger partial charge in [0.05, 0.1) is 0 Å². The van der Waals surface area contributed by atoms with Crippen LogP contribution in [0, 0.1) is 5.92 Å². The van der Waals surface area contributed by atoms with Gasteiger partial charge >= 0.3 is 0 Å². The monoisotopic (exact) mass is 141 g/mol. The van der Waals surface area contributed by atoms with E-state index in [1.165, 1.54) is 6.42 Å². The minimum atomic E-state index is 0.556. The molecule has 1 N–H and O–H groups in total. The van der Waals surface area contributed by atoms with Crippen molar-refractivity contribution < 1.29 is 0 Å². The largest absolute Gasteiger partial charge is 0.389 e. The highest BCUT2D eigenvalue weighted by molar-refractivity contribution is 4.84. The van der Waals surface area contributed by atoms with Gasteiger partial charge in [-0.25, -0.2) is 0 Å². The summed E-state index contributed by atoms with van der Waals surface area (Å²) in [4.78, 5) is 0. The lowest BCUT2D eigenvalue weighted by molar-refractivity contribution is 0.666. The van der Waals surface area contributed by atoms with Crippen molar-refractivity contribution in [3.8, 4) is 0 Å². The zero-order valence-corrected chi connectivity index (χ0v) is 7.52. The minimum absolute atomic E-state index is 0.556. The number of hydrogen-bond donors (Lipinski definition) is 1. The van der Waals surface area contributed by atoms with Gasteiger partial charge in [0.1, 0.15) is 0 Å². The second-order valence-electron chi connectivity index (χ2n) is 3.07. The van der Waals surface area contributed by atoms with Gasteiger partial charge in [-0.3, -0.25) is 0 Å². The van der Waals surface area contributed by atoms with Gasteiger partial charge in [-0.1, -0.05) is 26.3 Å². The van der Waals surface area contributed by atoms with E-state index in [-0.39, 0.29) is 0 Å². The molecule has 60 valence electrons. The Morgan fingerprint density at radius 1 is 1.30 bits per heavy atom. The van der Waals surface area contributed by atoms with Crippen LogP contribution in [0.15, 0.2) is 12.3 Å². The predicted molar refractivity (Wildman–Crippen MR) is 46.9 cm³/mol. The Morgan fingerprint density at radius 2 is 1.90 bits per heavy atom. The summed E-state index contributed by atoms with van der Waals surface area (Å²) >= 11 is 0. The Hall–Kier alpha value is -0.460. The van der Waals surface area contributed by atoms with Crippen molar-refractivity contribution in [2.24, 2.45) is 5.92 Å². The summed E-state index contributed by atoms with van der Waals surface area (Å²) in [6, 6.07) is 0.556. The third-order valence-electron chi connectivity index (χ3n) is 1.50. The van der Waals surface area contributed by atoms with Crippen LogP contribution in [0.25, 0.3) is 0 Å². The number of allylic oxidation sites excluding steroid dienone is 1. The van der Waals surface area contributed by atoms with Gasteiger partial charge in [0.15, 0.2) is 0 Å². The Bertz CT molecular complexity index is 94.9. The fourth-order valence-electron chi connectivity index (χ4n) is 0.548. The zero-order valence-electron chi connectivity index (χ0n) is 7.52. The second-order valence-corrected chi connectivity index (χ2v) is 3.07. The van der Waals surface area contributed by atoms with Gasteiger partial charge in [0, 0.05) is 6.04 Å². The fourth-order valence-corrected chi connectivity index (χ4v) is 0.548. The summed E-state index contributed by atoms with van der Waals surface area (Å²) in [5.41, 5.74) is 0. The molecule has 1 nitrogen and oxygen atoms in total. The summed E-state index contributed by atoms with van der Waals surface area (Å²) in [7, 11) is 0. The van der Waals surface area contributed by atoms with Crippen LogP contribution >= 0.6 is 0 Å². The third kappa shape index (κ3) is 5.67. The van der Waals surface area contributed by atoms with Crippen LogP contribution in [0.3, 0.4) is 0 Å². The van der Waals surface area contributed by atoms with Gasteiger partial charge in [0.25, 0.3) is 0 Å². The Labute approximate surface area is 64.5 Å². The van der Waals surface area contributed by atoms with Crippen molar-refractivity contribution >= 4 is 0 Å². The summed E-state index contributed by atoms with van der Waals surface area (Å²) in [5.74, 6) is 0.700. The molecule has 1 heteroatoms. The molecule has 0 aliphatic rings. The molecule has 0 aliphatic carbocycles. The van der Waals surface area contributed by atoms with Gasteiger partial charge in [-0.2, -0.15) is 0 Å². The van der Waals surface area contributed by atoms with Crippen LogP contribution in [0.5, 0.6) is 0 Å². The first-order valence-corrected chi connectivity index (χ1v) is 4.09. The smallest absolute Gasteiger partial charge is 0.0199 e. The maximum atomic E-state index is 3.23. The Morgan fingerprint density at radius 3 is 2.30 bits per heavy atom. The van der Waals surface area contributed by atoms with Gasteiger partial charge in [-0.15, -0.1) is 0 Å². The lowest BCUT2D eigenvalue weighted by atomic mass is 10.1.